The number of allylic oxidation sites excluding steroid dienone is 2. The fourth-order valence-corrected chi connectivity index (χ4v) is 3.21. The van der Waals surface area contributed by atoms with Gasteiger partial charge in [-0.15, -0.1) is 0 Å². The second kappa shape index (κ2) is 16.4. The number of aliphatic hydroxyl groups excluding tert-OH is 1. The Hall–Kier alpha value is -1.40. The first kappa shape index (κ1) is 27.6. The van der Waals surface area contributed by atoms with Crippen LogP contribution in [0, 0.1) is 0 Å². The van der Waals surface area contributed by atoms with Crippen LogP contribution in [-0.2, 0) is 14.3 Å². The number of quaternary nitrogens is 1. The Bertz CT molecular complexity index is 470. The van der Waals surface area contributed by atoms with Crippen molar-refractivity contribution < 1.29 is 29.0 Å². The lowest BCUT2D eigenvalue weighted by atomic mass is 10.1. The normalized spacial score (nSPS) is 14.1. The number of unbranched alkanes of at least 4 members (excludes halogenated alkanes) is 7. The third kappa shape index (κ3) is 19.7. The third-order valence-corrected chi connectivity index (χ3v) is 4.65. The number of carboxylic acids is 1. The highest BCUT2D eigenvalue weighted by Crippen LogP contribution is 2.12. The van der Waals surface area contributed by atoms with Gasteiger partial charge in [0.2, 0.25) is 0 Å². The van der Waals surface area contributed by atoms with Crippen LogP contribution < -0.4 is 5.11 Å². The van der Waals surface area contributed by atoms with E-state index in [-0.39, 0.29) is 12.8 Å². The highest BCUT2D eigenvalue weighted by atomic mass is 16.5. The molecule has 2 atom stereocenters. The average Bonchev–Trinajstić information content (AvgIpc) is 2.57. The molecule has 1 unspecified atom stereocenters. The van der Waals surface area contributed by atoms with E-state index < -0.39 is 24.1 Å². The van der Waals surface area contributed by atoms with E-state index in [9.17, 15) is 19.8 Å². The van der Waals surface area contributed by atoms with Crippen LogP contribution in [-0.4, -0.2) is 61.4 Å². The van der Waals surface area contributed by atoms with Gasteiger partial charge in [0, 0.05) is 12.4 Å². The van der Waals surface area contributed by atoms with Gasteiger partial charge in [-0.1, -0.05) is 51.2 Å². The van der Waals surface area contributed by atoms with Crippen LogP contribution in [0.25, 0.3) is 0 Å². The molecule has 6 nitrogen and oxygen atoms in total. The van der Waals surface area contributed by atoms with Crippen molar-refractivity contribution >= 4 is 11.9 Å². The van der Waals surface area contributed by atoms with Gasteiger partial charge in [0.25, 0.3) is 0 Å². The van der Waals surface area contributed by atoms with Gasteiger partial charge in [-0.2, -0.15) is 0 Å². The molecule has 0 saturated carbocycles. The van der Waals surface area contributed by atoms with E-state index in [0.717, 1.165) is 32.1 Å². The van der Waals surface area contributed by atoms with E-state index in [2.05, 4.69) is 19.1 Å². The summed E-state index contributed by atoms with van der Waals surface area (Å²) in [5, 5.41) is 20.9. The number of ether oxygens (including phenoxy) is 1. The van der Waals surface area contributed by atoms with Crippen molar-refractivity contribution in [3.8, 4) is 0 Å². The number of hydrogen-bond donors (Lipinski definition) is 1. The van der Waals surface area contributed by atoms with E-state index in [1.807, 2.05) is 21.1 Å². The fraction of sp³-hybridized carbons (Fsp3) is 0.826. The number of likely N-dealkylation sites (N-methyl/N-ethyl adjacent to an activating group) is 1. The molecule has 0 aliphatic heterocycles. The number of carbonyl (C=O) groups is 2. The van der Waals surface area contributed by atoms with Gasteiger partial charge in [0.05, 0.1) is 33.7 Å². The molecule has 0 aliphatic rings. The zero-order chi connectivity index (χ0) is 22.1. The summed E-state index contributed by atoms with van der Waals surface area (Å²) >= 11 is 0. The minimum Gasteiger partial charge on any atom is -0.550 e. The minimum absolute atomic E-state index is 0.0989. The number of carbonyl (C=O) groups excluding carboxylic acids is 2. The number of esters is 1. The van der Waals surface area contributed by atoms with Crippen molar-refractivity contribution in [1.29, 1.82) is 0 Å². The molecule has 0 amide bonds. The van der Waals surface area contributed by atoms with Crippen LogP contribution in [0.2, 0.25) is 0 Å². The Balaban J connectivity index is 3.91. The third-order valence-electron chi connectivity index (χ3n) is 4.65. The highest BCUT2D eigenvalue weighted by molar-refractivity contribution is 5.71. The first-order valence-electron chi connectivity index (χ1n) is 11.2. The molecule has 1 N–H and O–H groups in total. The summed E-state index contributed by atoms with van der Waals surface area (Å²) in [5.74, 6) is -1.80. The predicted molar refractivity (Wildman–Crippen MR) is 114 cm³/mol. The van der Waals surface area contributed by atoms with Gasteiger partial charge in [-0.25, -0.2) is 0 Å². The van der Waals surface area contributed by atoms with E-state index in [4.69, 9.17) is 4.74 Å². The molecule has 29 heavy (non-hydrogen) atoms. The number of hydrogen-bond acceptors (Lipinski definition) is 5. The molecule has 0 rings (SSSR count). The summed E-state index contributed by atoms with van der Waals surface area (Å²) in [6, 6.07) is 0. The Labute approximate surface area is 177 Å². The molecule has 0 fully saturated rings. The first-order valence-corrected chi connectivity index (χ1v) is 11.2. The predicted octanol–water partition coefficient (Wildman–Crippen LogP) is 2.97. The molecule has 0 spiro atoms. The quantitative estimate of drug-likeness (QED) is 0.162. The Morgan fingerprint density at radius 2 is 1.55 bits per heavy atom. The summed E-state index contributed by atoms with van der Waals surface area (Å²) < 4.78 is 5.74. The van der Waals surface area contributed by atoms with Gasteiger partial charge in [0.15, 0.2) is 6.10 Å². The fourth-order valence-electron chi connectivity index (χ4n) is 3.21. The minimum atomic E-state index is -1.24. The van der Waals surface area contributed by atoms with Gasteiger partial charge in [-0.3, -0.25) is 4.79 Å². The summed E-state index contributed by atoms with van der Waals surface area (Å²) in [5.41, 5.74) is 0. The van der Waals surface area contributed by atoms with Crippen LogP contribution in [0.3, 0.4) is 0 Å². The largest absolute Gasteiger partial charge is 0.550 e. The maximum Gasteiger partial charge on any atom is 0.308 e. The van der Waals surface area contributed by atoms with Crippen molar-refractivity contribution in [2.45, 2.75) is 96.2 Å². The van der Waals surface area contributed by atoms with Crippen molar-refractivity contribution in [3.63, 3.8) is 0 Å². The second-order valence-corrected chi connectivity index (χ2v) is 8.98. The Kier molecular flexibility index (Phi) is 15.6. The molecule has 0 aromatic carbocycles. The summed E-state index contributed by atoms with van der Waals surface area (Å²) in [6.07, 6.45) is 13.5. The number of rotatable bonds is 18. The van der Waals surface area contributed by atoms with Crippen LogP contribution >= 0.6 is 0 Å². The van der Waals surface area contributed by atoms with E-state index in [1.54, 1.807) is 0 Å². The van der Waals surface area contributed by atoms with Crippen molar-refractivity contribution in [2.24, 2.45) is 0 Å². The zero-order valence-corrected chi connectivity index (χ0v) is 19.0. The maximum absolute atomic E-state index is 12.0. The van der Waals surface area contributed by atoms with Crippen molar-refractivity contribution in [2.75, 3.05) is 27.7 Å². The topological polar surface area (TPSA) is 86.7 Å². The molecule has 6 heteroatoms. The van der Waals surface area contributed by atoms with Gasteiger partial charge in [0.1, 0.15) is 6.54 Å². The van der Waals surface area contributed by atoms with Crippen molar-refractivity contribution in [1.82, 2.24) is 0 Å². The number of aliphatic hydroxyl groups is 1. The smallest absolute Gasteiger partial charge is 0.308 e. The number of aliphatic carboxylic acids is 1. The zero-order valence-electron chi connectivity index (χ0n) is 19.0. The summed E-state index contributed by atoms with van der Waals surface area (Å²) in [6.45, 7) is 2.60. The lowest BCUT2D eigenvalue weighted by Gasteiger charge is -2.29. The molecule has 0 aromatic heterocycles. The standard InChI is InChI=1S/C23H43NO5/c1-5-6-7-8-9-10-11-12-13-14-15-16-20(25)17-23(28)29-21(18-22(26)27)19-24(2,3)4/h10-11,20-21,25H,5-9,12-19H2,1-4H3/b11-10-/t20?,21-/m1/s1. The van der Waals surface area contributed by atoms with Gasteiger partial charge >= 0.3 is 5.97 Å². The average molecular weight is 414 g/mol. The number of nitrogens with zero attached hydrogens (tertiary/aromatic N) is 1. The molecule has 0 radical (unpaired) electrons. The highest BCUT2D eigenvalue weighted by Gasteiger charge is 2.23. The second-order valence-electron chi connectivity index (χ2n) is 8.98. The SMILES string of the molecule is CCCCCC/C=C\CCCCCC(O)CC(=O)O[C@H](CC(=O)[O-])C[N+](C)(C)C. The monoisotopic (exact) mass is 413 g/mol. The molecule has 0 aliphatic carbocycles. The van der Waals surface area contributed by atoms with E-state index in [1.165, 1.54) is 25.7 Å². The molecule has 0 bridgehead atoms. The van der Waals surface area contributed by atoms with Crippen LogP contribution in [0.4, 0.5) is 0 Å². The summed E-state index contributed by atoms with van der Waals surface area (Å²) in [7, 11) is 5.69. The Morgan fingerprint density at radius 1 is 0.966 bits per heavy atom. The number of carboxylic acid groups (broad SMARTS) is 1. The van der Waals surface area contributed by atoms with Crippen molar-refractivity contribution in [3.05, 3.63) is 12.2 Å². The molecule has 0 saturated heterocycles. The van der Waals surface area contributed by atoms with Crippen LogP contribution in [0.15, 0.2) is 12.2 Å². The molecule has 170 valence electrons. The molecular formula is C23H43NO5. The molecular weight excluding hydrogens is 370 g/mol. The van der Waals surface area contributed by atoms with Crippen LogP contribution in [0.5, 0.6) is 0 Å². The molecule has 0 aromatic rings. The Morgan fingerprint density at radius 3 is 2.07 bits per heavy atom. The van der Waals surface area contributed by atoms with E-state index >= 15 is 0 Å². The first-order chi connectivity index (χ1) is 13.6. The van der Waals surface area contributed by atoms with Crippen LogP contribution in [0.1, 0.15) is 84.0 Å². The lowest BCUT2D eigenvalue weighted by Crippen LogP contribution is -2.45. The lowest BCUT2D eigenvalue weighted by molar-refractivity contribution is -0.873. The van der Waals surface area contributed by atoms with Gasteiger partial charge in [-0.05, 0) is 32.1 Å². The van der Waals surface area contributed by atoms with Gasteiger partial charge < -0.3 is 24.2 Å². The van der Waals surface area contributed by atoms with E-state index in [0.29, 0.717) is 17.4 Å². The maximum atomic E-state index is 12.0. The summed E-state index contributed by atoms with van der Waals surface area (Å²) in [4.78, 5) is 22.9. The molecule has 0 heterocycles.